The van der Waals surface area contributed by atoms with Crippen LogP contribution in [0.25, 0.3) is 0 Å². The Bertz CT molecular complexity index is 434. The minimum atomic E-state index is 0.128. The van der Waals surface area contributed by atoms with Gasteiger partial charge in [-0.05, 0) is 43.5 Å². The Balaban J connectivity index is 1.96. The quantitative estimate of drug-likeness (QED) is 0.829. The first-order valence-corrected chi connectivity index (χ1v) is 6.40. The highest BCUT2D eigenvalue weighted by atomic mass is 16.1. The van der Waals surface area contributed by atoms with E-state index in [-0.39, 0.29) is 11.8 Å². The van der Waals surface area contributed by atoms with Gasteiger partial charge in [0.05, 0.1) is 0 Å². The number of amides is 1. The lowest BCUT2D eigenvalue weighted by atomic mass is 9.93. The average molecular weight is 244 g/mol. The van der Waals surface area contributed by atoms with E-state index in [1.807, 2.05) is 43.3 Å². The number of nitrogens with zero attached hydrogens (tertiary/aromatic N) is 1. The number of hydrogen-bond donors (Lipinski definition) is 1. The molecule has 1 atom stereocenters. The van der Waals surface area contributed by atoms with Crippen molar-refractivity contribution >= 4 is 17.3 Å². The topological polar surface area (TPSA) is 32.3 Å². The maximum atomic E-state index is 12.0. The number of benzene rings is 1. The molecule has 1 N–H and O–H groups in total. The fourth-order valence-electron chi connectivity index (χ4n) is 2.12. The number of allylic oxidation sites excluding steroid dienone is 2. The second-order valence-corrected chi connectivity index (χ2v) is 4.91. The standard InChI is InChI=1S/C15H20N2O/c1-17(2)14-10-8-13(9-11-14)16-15(18)12-6-4-3-5-7-12/h3-4,8-12H,5-7H2,1-2H3,(H,16,18)/t12-/m1/s1. The van der Waals surface area contributed by atoms with Crippen LogP contribution in [0.3, 0.4) is 0 Å². The summed E-state index contributed by atoms with van der Waals surface area (Å²) in [5.41, 5.74) is 2.01. The molecule has 18 heavy (non-hydrogen) atoms. The zero-order chi connectivity index (χ0) is 13.0. The second kappa shape index (κ2) is 5.71. The highest BCUT2D eigenvalue weighted by Gasteiger charge is 2.18. The predicted octanol–water partition coefficient (Wildman–Crippen LogP) is 3.05. The van der Waals surface area contributed by atoms with Crippen LogP contribution in [-0.4, -0.2) is 20.0 Å². The molecular formula is C15H20N2O. The Kier molecular flexibility index (Phi) is 4.03. The van der Waals surface area contributed by atoms with Gasteiger partial charge in [0.25, 0.3) is 0 Å². The summed E-state index contributed by atoms with van der Waals surface area (Å²) >= 11 is 0. The molecule has 0 saturated carbocycles. The van der Waals surface area contributed by atoms with Gasteiger partial charge >= 0.3 is 0 Å². The van der Waals surface area contributed by atoms with Crippen LogP contribution in [0.2, 0.25) is 0 Å². The van der Waals surface area contributed by atoms with Gasteiger partial charge in [-0.3, -0.25) is 4.79 Å². The Hall–Kier alpha value is -1.77. The van der Waals surface area contributed by atoms with Crippen molar-refractivity contribution in [2.24, 2.45) is 5.92 Å². The van der Waals surface area contributed by atoms with Gasteiger partial charge in [-0.1, -0.05) is 12.2 Å². The first kappa shape index (κ1) is 12.7. The molecule has 0 aromatic heterocycles. The van der Waals surface area contributed by atoms with Gasteiger partial charge in [0.15, 0.2) is 0 Å². The van der Waals surface area contributed by atoms with Crippen LogP contribution in [0.1, 0.15) is 19.3 Å². The van der Waals surface area contributed by atoms with E-state index in [0.29, 0.717) is 0 Å². The monoisotopic (exact) mass is 244 g/mol. The normalized spacial score (nSPS) is 18.4. The Labute approximate surface area is 108 Å². The summed E-state index contributed by atoms with van der Waals surface area (Å²) in [7, 11) is 4.00. The molecule has 0 aliphatic heterocycles. The number of anilines is 2. The van der Waals surface area contributed by atoms with Gasteiger partial charge in [0.1, 0.15) is 0 Å². The fourth-order valence-corrected chi connectivity index (χ4v) is 2.12. The van der Waals surface area contributed by atoms with Crippen LogP contribution in [0, 0.1) is 5.92 Å². The lowest BCUT2D eigenvalue weighted by molar-refractivity contribution is -0.120. The molecule has 0 saturated heterocycles. The molecule has 1 aliphatic carbocycles. The van der Waals surface area contributed by atoms with E-state index < -0.39 is 0 Å². The van der Waals surface area contributed by atoms with E-state index in [0.717, 1.165) is 30.6 Å². The average Bonchev–Trinajstić information content (AvgIpc) is 2.40. The maximum Gasteiger partial charge on any atom is 0.227 e. The van der Waals surface area contributed by atoms with Crippen molar-refractivity contribution in [3.8, 4) is 0 Å². The van der Waals surface area contributed by atoms with Crippen molar-refractivity contribution in [1.29, 1.82) is 0 Å². The van der Waals surface area contributed by atoms with Crippen molar-refractivity contribution < 1.29 is 4.79 Å². The summed E-state index contributed by atoms with van der Waals surface area (Å²) in [6.07, 6.45) is 7.08. The molecule has 0 radical (unpaired) electrons. The highest BCUT2D eigenvalue weighted by molar-refractivity contribution is 5.92. The summed E-state index contributed by atoms with van der Waals surface area (Å²) in [5.74, 6) is 0.264. The van der Waals surface area contributed by atoms with Crippen molar-refractivity contribution in [3.05, 3.63) is 36.4 Å². The maximum absolute atomic E-state index is 12.0. The van der Waals surface area contributed by atoms with E-state index in [1.54, 1.807) is 0 Å². The van der Waals surface area contributed by atoms with Crippen LogP contribution < -0.4 is 10.2 Å². The van der Waals surface area contributed by atoms with E-state index in [4.69, 9.17) is 0 Å². The van der Waals surface area contributed by atoms with Gasteiger partial charge in [-0.2, -0.15) is 0 Å². The van der Waals surface area contributed by atoms with E-state index >= 15 is 0 Å². The van der Waals surface area contributed by atoms with E-state index in [9.17, 15) is 4.79 Å². The van der Waals surface area contributed by atoms with Crippen LogP contribution >= 0.6 is 0 Å². The van der Waals surface area contributed by atoms with Gasteiger partial charge in [-0.15, -0.1) is 0 Å². The molecule has 0 heterocycles. The molecule has 0 unspecified atom stereocenters. The number of nitrogens with one attached hydrogen (secondary N) is 1. The number of carbonyl (C=O) groups excluding carboxylic acids is 1. The van der Waals surface area contributed by atoms with Crippen molar-refractivity contribution in [1.82, 2.24) is 0 Å². The van der Waals surface area contributed by atoms with Gasteiger partial charge in [-0.25, -0.2) is 0 Å². The van der Waals surface area contributed by atoms with Crippen LogP contribution in [0.5, 0.6) is 0 Å². The molecule has 96 valence electrons. The molecule has 0 fully saturated rings. The Morgan fingerprint density at radius 3 is 2.50 bits per heavy atom. The third-order valence-electron chi connectivity index (χ3n) is 3.29. The van der Waals surface area contributed by atoms with Gasteiger partial charge < -0.3 is 10.2 Å². The number of rotatable bonds is 3. The summed E-state index contributed by atoms with van der Waals surface area (Å²) in [6, 6.07) is 7.92. The van der Waals surface area contributed by atoms with Crippen LogP contribution in [0.15, 0.2) is 36.4 Å². The van der Waals surface area contributed by atoms with Gasteiger partial charge in [0.2, 0.25) is 5.91 Å². The zero-order valence-electron chi connectivity index (χ0n) is 11.0. The van der Waals surface area contributed by atoms with Crippen LogP contribution in [-0.2, 0) is 4.79 Å². The molecule has 1 aliphatic rings. The largest absolute Gasteiger partial charge is 0.378 e. The minimum absolute atomic E-state index is 0.128. The van der Waals surface area contributed by atoms with Crippen molar-refractivity contribution in [3.63, 3.8) is 0 Å². The molecule has 3 heteroatoms. The van der Waals surface area contributed by atoms with Crippen molar-refractivity contribution in [2.75, 3.05) is 24.3 Å². The summed E-state index contributed by atoms with van der Waals surface area (Å²) < 4.78 is 0. The molecule has 1 amide bonds. The highest BCUT2D eigenvalue weighted by Crippen LogP contribution is 2.21. The van der Waals surface area contributed by atoms with E-state index in [1.165, 1.54) is 0 Å². The lowest BCUT2D eigenvalue weighted by Crippen LogP contribution is -2.23. The molecule has 3 nitrogen and oxygen atoms in total. The number of carbonyl (C=O) groups is 1. The molecule has 2 rings (SSSR count). The molecule has 0 bridgehead atoms. The minimum Gasteiger partial charge on any atom is -0.378 e. The number of hydrogen-bond acceptors (Lipinski definition) is 2. The fraction of sp³-hybridized carbons (Fsp3) is 0.400. The second-order valence-electron chi connectivity index (χ2n) is 4.91. The van der Waals surface area contributed by atoms with Gasteiger partial charge in [0, 0.05) is 31.4 Å². The first-order valence-electron chi connectivity index (χ1n) is 6.40. The Morgan fingerprint density at radius 2 is 1.94 bits per heavy atom. The summed E-state index contributed by atoms with van der Waals surface area (Å²) in [4.78, 5) is 14.1. The Morgan fingerprint density at radius 1 is 1.22 bits per heavy atom. The molecular weight excluding hydrogens is 224 g/mol. The third-order valence-corrected chi connectivity index (χ3v) is 3.29. The summed E-state index contributed by atoms with van der Waals surface area (Å²) in [5, 5.41) is 2.99. The predicted molar refractivity (Wildman–Crippen MR) is 75.9 cm³/mol. The lowest BCUT2D eigenvalue weighted by Gasteiger charge is -2.18. The smallest absolute Gasteiger partial charge is 0.227 e. The zero-order valence-corrected chi connectivity index (χ0v) is 11.0. The molecule has 1 aromatic rings. The third kappa shape index (κ3) is 3.13. The van der Waals surface area contributed by atoms with Crippen molar-refractivity contribution in [2.45, 2.75) is 19.3 Å². The van der Waals surface area contributed by atoms with Crippen LogP contribution in [0.4, 0.5) is 11.4 Å². The SMILES string of the molecule is CN(C)c1ccc(NC(=O)[C@@H]2CC=CCC2)cc1. The summed E-state index contributed by atoms with van der Waals surface area (Å²) in [6.45, 7) is 0. The first-order chi connectivity index (χ1) is 8.66. The molecule has 1 aromatic carbocycles. The molecule has 0 spiro atoms. The van der Waals surface area contributed by atoms with E-state index in [2.05, 4.69) is 17.5 Å².